The number of hydrogen-bond donors (Lipinski definition) is 3. The lowest BCUT2D eigenvalue weighted by atomic mass is 9.89. The van der Waals surface area contributed by atoms with Gasteiger partial charge >= 0.3 is 5.97 Å². The molecule has 0 saturated carbocycles. The number of rotatable bonds is 23. The minimum absolute atomic E-state index is 0.0217. The van der Waals surface area contributed by atoms with Crippen LogP contribution in [-0.4, -0.2) is 42.4 Å². The maximum absolute atomic E-state index is 13.3. The first-order valence-corrected chi connectivity index (χ1v) is 18.7. The van der Waals surface area contributed by atoms with Crippen LogP contribution in [-0.2, 0) is 19.7 Å². The number of unbranched alkanes of at least 4 members (excludes halogenated alkanes) is 15. The van der Waals surface area contributed by atoms with Crippen LogP contribution in [0.5, 0.6) is 11.5 Å². The Kier molecular flexibility index (Phi) is 15.7. The number of anilines is 1. The van der Waals surface area contributed by atoms with Gasteiger partial charge in [-0.25, -0.2) is 4.79 Å². The zero-order chi connectivity index (χ0) is 34.2. The Morgan fingerprint density at radius 2 is 1.34 bits per heavy atom. The highest BCUT2D eigenvalue weighted by Crippen LogP contribution is 2.37. The van der Waals surface area contributed by atoms with Crippen molar-refractivity contribution in [1.82, 2.24) is 0 Å². The highest BCUT2D eigenvalue weighted by molar-refractivity contribution is 7.86. The van der Waals surface area contributed by atoms with Crippen LogP contribution in [0.3, 0.4) is 0 Å². The van der Waals surface area contributed by atoms with Crippen molar-refractivity contribution in [3.8, 4) is 11.5 Å². The molecule has 1 aliphatic rings. The van der Waals surface area contributed by atoms with E-state index in [2.05, 4.69) is 6.92 Å². The number of nitrogens with zero attached hydrogens (tertiary/aromatic N) is 1. The SMILES string of the molecule is CCCCCCCCCCCCCCCCCCC1CN(c2ccc(Oc3ccc(C(=O)O)cc3)c(S(=O)(=O)O)c2)C(=O)C1C(N)=O. The third-order valence-electron chi connectivity index (χ3n) is 9.00. The van der Waals surface area contributed by atoms with Crippen LogP contribution >= 0.6 is 0 Å². The summed E-state index contributed by atoms with van der Waals surface area (Å²) in [5.41, 5.74) is 5.85. The zero-order valence-corrected chi connectivity index (χ0v) is 28.5. The van der Waals surface area contributed by atoms with Gasteiger partial charge in [-0.1, -0.05) is 110 Å². The summed E-state index contributed by atoms with van der Waals surface area (Å²) in [4.78, 5) is 37.5. The van der Waals surface area contributed by atoms with Crippen LogP contribution in [0.15, 0.2) is 47.4 Å². The predicted octanol–water partition coefficient (Wildman–Crippen LogP) is 8.14. The second-order valence-electron chi connectivity index (χ2n) is 12.7. The van der Waals surface area contributed by atoms with E-state index in [1.54, 1.807) is 0 Å². The lowest BCUT2D eigenvalue weighted by Crippen LogP contribution is -2.34. The van der Waals surface area contributed by atoms with Gasteiger partial charge < -0.3 is 20.5 Å². The molecule has 0 spiro atoms. The van der Waals surface area contributed by atoms with E-state index in [4.69, 9.17) is 15.6 Å². The minimum Gasteiger partial charge on any atom is -0.478 e. The fourth-order valence-corrected chi connectivity index (χ4v) is 6.98. The fraction of sp³-hybridized carbons (Fsp3) is 0.583. The maximum atomic E-state index is 13.3. The number of benzene rings is 2. The van der Waals surface area contributed by atoms with Gasteiger partial charge in [-0.2, -0.15) is 8.42 Å². The Labute approximate surface area is 279 Å². The average Bonchev–Trinajstić information content (AvgIpc) is 3.36. The number of amides is 2. The molecule has 11 heteroatoms. The first-order chi connectivity index (χ1) is 22.5. The lowest BCUT2D eigenvalue weighted by Gasteiger charge is -2.19. The molecule has 2 amide bonds. The predicted molar refractivity (Wildman–Crippen MR) is 182 cm³/mol. The smallest absolute Gasteiger partial charge is 0.335 e. The largest absolute Gasteiger partial charge is 0.478 e. The van der Waals surface area contributed by atoms with Crippen molar-refractivity contribution in [3.05, 3.63) is 48.0 Å². The van der Waals surface area contributed by atoms with Gasteiger partial charge in [-0.3, -0.25) is 14.1 Å². The second kappa shape index (κ2) is 19.4. The molecule has 4 N–H and O–H groups in total. The number of carboxylic acid groups (broad SMARTS) is 1. The summed E-state index contributed by atoms with van der Waals surface area (Å²) in [6.07, 6.45) is 20.7. The molecular formula is C36H52N2O8S. The van der Waals surface area contributed by atoms with Crippen LogP contribution in [0.2, 0.25) is 0 Å². The Morgan fingerprint density at radius 1 is 0.830 bits per heavy atom. The number of ether oxygens (including phenoxy) is 1. The molecule has 0 aliphatic carbocycles. The number of carboxylic acids is 1. The van der Waals surface area contributed by atoms with Gasteiger partial charge in [-0.15, -0.1) is 0 Å². The van der Waals surface area contributed by atoms with Crippen molar-refractivity contribution in [2.24, 2.45) is 17.6 Å². The number of aromatic carboxylic acids is 1. The van der Waals surface area contributed by atoms with E-state index in [9.17, 15) is 27.4 Å². The van der Waals surface area contributed by atoms with Gasteiger partial charge in [0.15, 0.2) is 0 Å². The summed E-state index contributed by atoms with van der Waals surface area (Å²) in [5.74, 6) is -3.71. The fourth-order valence-electron chi connectivity index (χ4n) is 6.34. The van der Waals surface area contributed by atoms with Crippen LogP contribution in [0.1, 0.15) is 126 Å². The van der Waals surface area contributed by atoms with Crippen LogP contribution in [0.25, 0.3) is 0 Å². The Bertz CT molecular complexity index is 1410. The molecule has 0 bridgehead atoms. The molecule has 10 nitrogen and oxygen atoms in total. The minimum atomic E-state index is -4.78. The second-order valence-corrected chi connectivity index (χ2v) is 14.1. The average molecular weight is 673 g/mol. The Balaban J connectivity index is 1.46. The van der Waals surface area contributed by atoms with Crippen molar-refractivity contribution < 1.29 is 37.2 Å². The van der Waals surface area contributed by atoms with Crippen LogP contribution in [0.4, 0.5) is 5.69 Å². The number of nitrogens with two attached hydrogens (primary N) is 1. The molecule has 0 radical (unpaired) electrons. The molecule has 2 aromatic rings. The quantitative estimate of drug-likeness (QED) is 0.0605. The summed E-state index contributed by atoms with van der Waals surface area (Å²) >= 11 is 0. The zero-order valence-electron chi connectivity index (χ0n) is 27.7. The van der Waals surface area contributed by atoms with Crippen molar-refractivity contribution in [2.45, 2.75) is 121 Å². The molecule has 2 unspecified atom stereocenters. The number of primary amides is 1. The van der Waals surface area contributed by atoms with Gasteiger partial charge in [0.25, 0.3) is 10.1 Å². The number of carbonyl (C=O) groups excluding carboxylic acids is 2. The highest BCUT2D eigenvalue weighted by Gasteiger charge is 2.44. The van der Waals surface area contributed by atoms with Gasteiger partial charge in [-0.05, 0) is 54.8 Å². The molecule has 1 aliphatic heterocycles. The summed E-state index contributed by atoms with van der Waals surface area (Å²) < 4.78 is 40.1. The Morgan fingerprint density at radius 3 is 1.81 bits per heavy atom. The summed E-state index contributed by atoms with van der Waals surface area (Å²) in [7, 11) is -4.78. The van der Waals surface area contributed by atoms with Crippen molar-refractivity contribution in [1.29, 1.82) is 0 Å². The standard InChI is InChI=1S/C36H52N2O8S/c1-2-3-4-5-6-7-8-9-10-11-12-13-14-15-16-17-18-28-26-38(35(40)33(28)34(37)39)29-21-24-31(32(25-29)47(43,44)45)46-30-22-19-27(20-23-30)36(41)42/h19-25,28,33H,2-18,26H2,1H3,(H2,37,39)(H,41,42)(H,43,44,45). The van der Waals surface area contributed by atoms with E-state index in [1.807, 2.05) is 0 Å². The third kappa shape index (κ3) is 12.3. The molecule has 3 rings (SSSR count). The van der Waals surface area contributed by atoms with Crippen LogP contribution < -0.4 is 15.4 Å². The molecule has 47 heavy (non-hydrogen) atoms. The normalized spacial score (nSPS) is 16.5. The monoisotopic (exact) mass is 672 g/mol. The van der Waals surface area contributed by atoms with Gasteiger partial charge in [0.2, 0.25) is 11.8 Å². The number of carbonyl (C=O) groups is 3. The topological polar surface area (TPSA) is 164 Å². The van der Waals surface area contributed by atoms with Crippen molar-refractivity contribution in [2.75, 3.05) is 11.4 Å². The molecule has 2 aromatic carbocycles. The van der Waals surface area contributed by atoms with E-state index in [0.717, 1.165) is 25.3 Å². The lowest BCUT2D eigenvalue weighted by molar-refractivity contribution is -0.131. The van der Waals surface area contributed by atoms with E-state index in [1.165, 1.54) is 125 Å². The van der Waals surface area contributed by atoms with Crippen LogP contribution in [0, 0.1) is 11.8 Å². The van der Waals surface area contributed by atoms with E-state index in [0.29, 0.717) is 6.42 Å². The van der Waals surface area contributed by atoms with Gasteiger partial charge in [0, 0.05) is 12.2 Å². The molecule has 1 heterocycles. The summed E-state index contributed by atoms with van der Waals surface area (Å²) in [5, 5.41) is 9.08. The molecule has 2 atom stereocenters. The summed E-state index contributed by atoms with van der Waals surface area (Å²) in [6, 6.07) is 9.22. The van der Waals surface area contributed by atoms with E-state index < -0.39 is 38.7 Å². The number of hydrogen-bond acceptors (Lipinski definition) is 6. The Hall–Kier alpha value is -3.44. The molecule has 0 aromatic heterocycles. The first-order valence-electron chi connectivity index (χ1n) is 17.3. The molecule has 1 fully saturated rings. The van der Waals surface area contributed by atoms with Crippen molar-refractivity contribution >= 4 is 33.6 Å². The van der Waals surface area contributed by atoms with E-state index in [-0.39, 0.29) is 35.2 Å². The summed E-state index contributed by atoms with van der Waals surface area (Å²) in [6.45, 7) is 2.45. The van der Waals surface area contributed by atoms with E-state index >= 15 is 0 Å². The van der Waals surface area contributed by atoms with Gasteiger partial charge in [0.1, 0.15) is 22.3 Å². The third-order valence-corrected chi connectivity index (χ3v) is 9.88. The first kappa shape index (κ1) is 38.0. The molecule has 260 valence electrons. The highest BCUT2D eigenvalue weighted by atomic mass is 32.2. The molecular weight excluding hydrogens is 620 g/mol. The maximum Gasteiger partial charge on any atom is 0.335 e. The molecule has 1 saturated heterocycles. The van der Waals surface area contributed by atoms with Gasteiger partial charge in [0.05, 0.1) is 5.56 Å². The van der Waals surface area contributed by atoms with Crippen molar-refractivity contribution in [3.63, 3.8) is 0 Å².